The minimum atomic E-state index is 0.679. The quantitative estimate of drug-likeness (QED) is 0.342. The Kier molecular flexibility index (Phi) is 5.21. The molecule has 4 aromatic carbocycles. The Morgan fingerprint density at radius 1 is 0.800 bits per heavy atom. The lowest BCUT2D eigenvalue weighted by Gasteiger charge is -2.38. The molecule has 0 radical (unpaired) electrons. The van der Waals surface area contributed by atoms with Gasteiger partial charge in [-0.1, -0.05) is 88.2 Å². The van der Waals surface area contributed by atoms with E-state index in [-0.39, 0.29) is 0 Å². The fraction of sp³-hybridized carbons (Fsp3) is 0.0400. The van der Waals surface area contributed by atoms with Crippen molar-refractivity contribution in [3.8, 4) is 0 Å². The number of nitrogens with zero attached hydrogens (tertiary/aromatic N) is 2. The van der Waals surface area contributed by atoms with Crippen molar-refractivity contribution in [3.63, 3.8) is 0 Å². The van der Waals surface area contributed by atoms with Gasteiger partial charge >= 0.3 is 0 Å². The predicted octanol–water partition coefficient (Wildman–Crippen LogP) is 7.04. The highest BCUT2D eigenvalue weighted by molar-refractivity contribution is 9.10. The maximum absolute atomic E-state index is 6.34. The van der Waals surface area contributed by atoms with E-state index in [9.17, 15) is 0 Å². The largest absolute Gasteiger partial charge is 0.286 e. The van der Waals surface area contributed by atoms with Crippen molar-refractivity contribution in [1.82, 2.24) is 5.53 Å². The summed E-state index contributed by atoms with van der Waals surface area (Å²) in [7, 11) is 0. The Labute approximate surface area is 189 Å². The van der Waals surface area contributed by atoms with Gasteiger partial charge in [0.25, 0.3) is 0 Å². The first kappa shape index (κ1) is 19.2. The number of hydrogen-bond acceptors (Lipinski definition) is 3. The van der Waals surface area contributed by atoms with E-state index in [1.165, 1.54) is 21.9 Å². The van der Waals surface area contributed by atoms with E-state index in [4.69, 9.17) is 11.6 Å². The number of halogens is 2. The van der Waals surface area contributed by atoms with Crippen LogP contribution in [0.3, 0.4) is 0 Å². The van der Waals surface area contributed by atoms with Crippen LogP contribution >= 0.6 is 27.5 Å². The summed E-state index contributed by atoms with van der Waals surface area (Å²) < 4.78 is 0.934. The Morgan fingerprint density at radius 3 is 2.40 bits per heavy atom. The molecule has 0 bridgehead atoms. The van der Waals surface area contributed by atoms with Crippen molar-refractivity contribution in [3.05, 3.63) is 112 Å². The van der Waals surface area contributed by atoms with Crippen LogP contribution in [-0.4, -0.2) is 6.54 Å². The van der Waals surface area contributed by atoms with Crippen molar-refractivity contribution >= 4 is 55.3 Å². The van der Waals surface area contributed by atoms with Gasteiger partial charge in [-0.05, 0) is 52.2 Å². The minimum Gasteiger partial charge on any atom is -0.286 e. The molecule has 30 heavy (non-hydrogen) atoms. The summed E-state index contributed by atoms with van der Waals surface area (Å²) in [5, 5.41) is 7.32. The number of rotatable bonds is 3. The van der Waals surface area contributed by atoms with E-state index in [2.05, 4.69) is 87.3 Å². The maximum Gasteiger partial charge on any atom is 0.0634 e. The van der Waals surface area contributed by atoms with Gasteiger partial charge in [0.2, 0.25) is 0 Å². The molecule has 4 aromatic rings. The summed E-state index contributed by atoms with van der Waals surface area (Å²) in [4.78, 5) is 0. The van der Waals surface area contributed by atoms with Crippen LogP contribution in [0.2, 0.25) is 5.02 Å². The zero-order valence-electron chi connectivity index (χ0n) is 16.1. The molecule has 0 atom stereocenters. The second kappa shape index (κ2) is 8.15. The lowest BCUT2D eigenvalue weighted by atomic mass is 9.98. The average molecular weight is 477 g/mol. The molecule has 1 N–H and O–H groups in total. The molecule has 0 saturated heterocycles. The molecule has 5 rings (SSSR count). The van der Waals surface area contributed by atoms with Crippen LogP contribution in [0.4, 0.5) is 11.4 Å². The number of nitrogens with one attached hydrogen (secondary N) is 1. The van der Waals surface area contributed by atoms with Crippen molar-refractivity contribution in [2.45, 2.75) is 0 Å². The summed E-state index contributed by atoms with van der Waals surface area (Å²) in [6.45, 7) is 0.732. The van der Waals surface area contributed by atoms with Crippen LogP contribution in [0.25, 0.3) is 16.3 Å². The van der Waals surface area contributed by atoms with E-state index in [0.29, 0.717) is 5.02 Å². The van der Waals surface area contributed by atoms with E-state index in [1.807, 2.05) is 41.4 Å². The Bertz CT molecular complexity index is 1210. The van der Waals surface area contributed by atoms with Crippen molar-refractivity contribution in [2.75, 3.05) is 16.6 Å². The Morgan fingerprint density at radius 2 is 1.57 bits per heavy atom. The summed E-state index contributed by atoms with van der Waals surface area (Å²) >= 11 is 9.89. The van der Waals surface area contributed by atoms with Crippen LogP contribution in [0.1, 0.15) is 5.56 Å². The van der Waals surface area contributed by atoms with E-state index < -0.39 is 0 Å². The molecule has 1 aliphatic rings. The molecule has 0 fully saturated rings. The standard InChI is InChI=1S/C25H19BrClN3/c26-20-13-21(27)15-23(14-20)30-17-19(16-29(28-30)22-9-2-1-3-10-22)25-12-6-8-18-7-4-5-11-24(18)25/h1-15,17,28H,16H2. The van der Waals surface area contributed by atoms with Gasteiger partial charge in [0.05, 0.1) is 17.9 Å². The van der Waals surface area contributed by atoms with Crippen molar-refractivity contribution in [1.29, 1.82) is 0 Å². The number of hydrazine groups is 2. The van der Waals surface area contributed by atoms with Gasteiger partial charge in [-0.15, -0.1) is 5.53 Å². The lowest BCUT2D eigenvalue weighted by molar-refractivity contribution is 0.645. The molecule has 1 aliphatic heterocycles. The molecule has 0 unspecified atom stereocenters. The first-order valence-corrected chi connectivity index (χ1v) is 10.9. The second-order valence-electron chi connectivity index (χ2n) is 7.20. The maximum atomic E-state index is 6.34. The molecule has 0 amide bonds. The minimum absolute atomic E-state index is 0.679. The normalized spacial score (nSPS) is 14.1. The van der Waals surface area contributed by atoms with Gasteiger partial charge in [0.15, 0.2) is 0 Å². The molecule has 1 heterocycles. The number of para-hydroxylation sites is 1. The summed E-state index contributed by atoms with van der Waals surface area (Å²) in [6, 6.07) is 31.2. The molecule has 148 valence electrons. The number of benzene rings is 4. The zero-order chi connectivity index (χ0) is 20.5. The van der Waals surface area contributed by atoms with E-state index in [0.717, 1.165) is 22.4 Å². The van der Waals surface area contributed by atoms with Crippen molar-refractivity contribution < 1.29 is 0 Å². The van der Waals surface area contributed by atoms with Crippen molar-refractivity contribution in [2.24, 2.45) is 0 Å². The first-order valence-electron chi connectivity index (χ1n) is 9.70. The molecule has 5 heteroatoms. The third-order valence-corrected chi connectivity index (χ3v) is 5.85. The summed E-state index contributed by atoms with van der Waals surface area (Å²) in [5.41, 5.74) is 7.98. The van der Waals surface area contributed by atoms with Crippen LogP contribution in [0.15, 0.2) is 102 Å². The van der Waals surface area contributed by atoms with Gasteiger partial charge in [0, 0.05) is 15.7 Å². The van der Waals surface area contributed by atoms with Crippen LogP contribution in [-0.2, 0) is 0 Å². The second-order valence-corrected chi connectivity index (χ2v) is 8.55. The van der Waals surface area contributed by atoms with E-state index in [1.54, 1.807) is 0 Å². The molecule has 0 spiro atoms. The summed E-state index contributed by atoms with van der Waals surface area (Å²) in [6.07, 6.45) is 2.15. The van der Waals surface area contributed by atoms with Gasteiger partial charge in [0.1, 0.15) is 0 Å². The SMILES string of the molecule is Clc1cc(Br)cc(N2C=C(c3cccc4ccccc34)CN(c3ccccc3)N2)c1. The molecular formula is C25H19BrClN3. The fourth-order valence-corrected chi connectivity index (χ4v) is 4.63. The third-order valence-electron chi connectivity index (χ3n) is 5.17. The average Bonchev–Trinajstić information content (AvgIpc) is 2.78. The van der Waals surface area contributed by atoms with Gasteiger partial charge in [-0.3, -0.25) is 10.0 Å². The third kappa shape index (κ3) is 3.82. The van der Waals surface area contributed by atoms with Gasteiger partial charge in [-0.25, -0.2) is 0 Å². The zero-order valence-corrected chi connectivity index (χ0v) is 18.4. The monoisotopic (exact) mass is 475 g/mol. The number of hydrogen-bond donors (Lipinski definition) is 1. The highest BCUT2D eigenvalue weighted by Crippen LogP contribution is 2.32. The highest BCUT2D eigenvalue weighted by Gasteiger charge is 2.21. The molecule has 0 saturated carbocycles. The molecule has 0 aromatic heterocycles. The van der Waals surface area contributed by atoms with Gasteiger partial charge < -0.3 is 0 Å². The molecule has 0 aliphatic carbocycles. The van der Waals surface area contributed by atoms with Crippen LogP contribution in [0, 0.1) is 0 Å². The number of fused-ring (bicyclic) bond motifs is 1. The predicted molar refractivity (Wildman–Crippen MR) is 130 cm³/mol. The lowest BCUT2D eigenvalue weighted by Crippen LogP contribution is -2.52. The Balaban J connectivity index is 1.64. The fourth-order valence-electron chi connectivity index (χ4n) is 3.79. The first-order chi connectivity index (χ1) is 14.7. The highest BCUT2D eigenvalue weighted by atomic mass is 79.9. The van der Waals surface area contributed by atoms with Crippen LogP contribution in [0.5, 0.6) is 0 Å². The topological polar surface area (TPSA) is 18.5 Å². The van der Waals surface area contributed by atoms with E-state index >= 15 is 0 Å². The van der Waals surface area contributed by atoms with Crippen LogP contribution < -0.4 is 15.6 Å². The molecular weight excluding hydrogens is 458 g/mol. The summed E-state index contributed by atoms with van der Waals surface area (Å²) in [5.74, 6) is 0. The smallest absolute Gasteiger partial charge is 0.0634 e. The van der Waals surface area contributed by atoms with Gasteiger partial charge in [-0.2, -0.15) is 0 Å². The Hall–Kier alpha value is -2.79. The number of anilines is 2. The molecule has 3 nitrogen and oxygen atoms in total.